The highest BCUT2D eigenvalue weighted by Gasteiger charge is 2.08. The quantitative estimate of drug-likeness (QED) is 0.826. The Labute approximate surface area is 124 Å². The second kappa shape index (κ2) is 7.22. The summed E-state index contributed by atoms with van der Waals surface area (Å²) < 4.78 is 5.37. The number of hydrogen-bond donors (Lipinski definition) is 1. The number of ether oxygens (including phenoxy) is 1. The van der Waals surface area contributed by atoms with Crippen LogP contribution in [0.5, 0.6) is 0 Å². The monoisotopic (exact) mass is 291 g/mol. The van der Waals surface area contributed by atoms with Gasteiger partial charge in [0.25, 0.3) is 0 Å². The van der Waals surface area contributed by atoms with Crippen molar-refractivity contribution in [3.63, 3.8) is 0 Å². The lowest BCUT2D eigenvalue weighted by atomic mass is 10.2. The van der Waals surface area contributed by atoms with Crippen molar-refractivity contribution in [3.8, 4) is 11.4 Å². The molecule has 1 aromatic carbocycles. The lowest BCUT2D eigenvalue weighted by Crippen LogP contribution is -2.22. The Bertz CT molecular complexity index is 548. The van der Waals surface area contributed by atoms with E-state index in [1.54, 1.807) is 6.07 Å². The van der Waals surface area contributed by atoms with Crippen LogP contribution >= 0.6 is 11.6 Å². The molecule has 0 aliphatic heterocycles. The molecular weight excluding hydrogens is 274 g/mol. The summed E-state index contributed by atoms with van der Waals surface area (Å²) in [7, 11) is 0. The highest BCUT2D eigenvalue weighted by atomic mass is 35.5. The van der Waals surface area contributed by atoms with Gasteiger partial charge in [-0.2, -0.15) is 0 Å². The topological polar surface area (TPSA) is 47.0 Å². The number of nitrogens with zero attached hydrogens (tertiary/aromatic N) is 2. The van der Waals surface area contributed by atoms with Gasteiger partial charge in [0.05, 0.1) is 6.61 Å². The maximum atomic E-state index is 6.07. The largest absolute Gasteiger partial charge is 0.380 e. The van der Waals surface area contributed by atoms with Gasteiger partial charge in [-0.15, -0.1) is 0 Å². The van der Waals surface area contributed by atoms with Gasteiger partial charge in [-0.3, -0.25) is 0 Å². The fourth-order valence-electron chi connectivity index (χ4n) is 1.80. The third kappa shape index (κ3) is 4.18. The fraction of sp³-hybridized carbons (Fsp3) is 0.333. The normalized spacial score (nSPS) is 12.2. The van der Waals surface area contributed by atoms with E-state index in [0.29, 0.717) is 30.0 Å². The number of benzene rings is 1. The molecule has 2 rings (SSSR count). The van der Waals surface area contributed by atoms with Gasteiger partial charge in [0, 0.05) is 24.3 Å². The summed E-state index contributed by atoms with van der Waals surface area (Å²) in [6.45, 7) is 5.33. The number of anilines is 1. The van der Waals surface area contributed by atoms with Crippen LogP contribution in [0.1, 0.15) is 13.8 Å². The molecule has 4 nitrogen and oxygen atoms in total. The molecule has 5 heteroatoms. The molecular formula is C15H18ClN3O. The molecule has 0 saturated carbocycles. The molecule has 1 aromatic heterocycles. The molecule has 0 spiro atoms. The van der Waals surface area contributed by atoms with Crippen molar-refractivity contribution in [2.45, 2.75) is 19.9 Å². The molecule has 1 N–H and O–H groups in total. The van der Waals surface area contributed by atoms with E-state index >= 15 is 0 Å². The number of halogens is 1. The Kier molecular flexibility index (Phi) is 5.32. The zero-order chi connectivity index (χ0) is 14.4. The Morgan fingerprint density at radius 2 is 2.00 bits per heavy atom. The van der Waals surface area contributed by atoms with Crippen molar-refractivity contribution >= 4 is 17.4 Å². The minimum Gasteiger partial charge on any atom is -0.380 e. The molecule has 0 bridgehead atoms. The fourth-order valence-corrected chi connectivity index (χ4v) is 1.98. The van der Waals surface area contributed by atoms with Gasteiger partial charge in [-0.25, -0.2) is 9.97 Å². The number of rotatable bonds is 6. The highest BCUT2D eigenvalue weighted by molar-refractivity contribution is 6.29. The maximum absolute atomic E-state index is 6.07. The molecule has 0 saturated heterocycles. The third-order valence-corrected chi connectivity index (χ3v) is 2.89. The van der Waals surface area contributed by atoms with E-state index in [1.165, 1.54) is 0 Å². The zero-order valence-electron chi connectivity index (χ0n) is 11.6. The van der Waals surface area contributed by atoms with Crippen LogP contribution in [-0.4, -0.2) is 29.2 Å². The summed E-state index contributed by atoms with van der Waals surface area (Å²) >= 11 is 6.07. The first-order chi connectivity index (χ1) is 9.69. The second-order valence-corrected chi connectivity index (χ2v) is 4.86. The van der Waals surface area contributed by atoms with Gasteiger partial charge < -0.3 is 10.1 Å². The summed E-state index contributed by atoms with van der Waals surface area (Å²) in [6.07, 6.45) is 0. The van der Waals surface area contributed by atoms with Crippen LogP contribution in [0.2, 0.25) is 5.15 Å². The summed E-state index contributed by atoms with van der Waals surface area (Å²) in [6, 6.07) is 11.6. The Morgan fingerprint density at radius 3 is 2.70 bits per heavy atom. The first-order valence-electron chi connectivity index (χ1n) is 6.63. The number of hydrogen-bond acceptors (Lipinski definition) is 4. The van der Waals surface area contributed by atoms with Crippen LogP contribution in [0.3, 0.4) is 0 Å². The molecule has 2 aromatic rings. The summed E-state index contributed by atoms with van der Waals surface area (Å²) in [5.74, 6) is 1.32. The summed E-state index contributed by atoms with van der Waals surface area (Å²) in [5, 5.41) is 3.69. The first-order valence-corrected chi connectivity index (χ1v) is 7.01. The van der Waals surface area contributed by atoms with E-state index in [2.05, 4.69) is 15.3 Å². The van der Waals surface area contributed by atoms with E-state index in [9.17, 15) is 0 Å². The Morgan fingerprint density at radius 1 is 1.25 bits per heavy atom. The predicted octanol–water partition coefficient (Wildman–Crippen LogP) is 3.63. The molecule has 1 heterocycles. The summed E-state index contributed by atoms with van der Waals surface area (Å²) in [4.78, 5) is 8.75. The maximum Gasteiger partial charge on any atom is 0.163 e. The van der Waals surface area contributed by atoms with E-state index in [-0.39, 0.29) is 6.04 Å². The first kappa shape index (κ1) is 14.8. The minimum atomic E-state index is 0.157. The molecule has 0 fully saturated rings. The molecule has 0 amide bonds. The van der Waals surface area contributed by atoms with Gasteiger partial charge in [0.1, 0.15) is 11.0 Å². The van der Waals surface area contributed by atoms with E-state index in [0.717, 1.165) is 5.56 Å². The Hall–Kier alpha value is -1.65. The lowest BCUT2D eigenvalue weighted by molar-refractivity contribution is 0.141. The van der Waals surface area contributed by atoms with Crippen molar-refractivity contribution in [1.29, 1.82) is 0 Å². The van der Waals surface area contributed by atoms with Crippen LogP contribution in [0, 0.1) is 0 Å². The highest BCUT2D eigenvalue weighted by Crippen LogP contribution is 2.20. The van der Waals surface area contributed by atoms with Crippen molar-refractivity contribution in [2.75, 3.05) is 18.5 Å². The van der Waals surface area contributed by atoms with Gasteiger partial charge in [-0.05, 0) is 13.8 Å². The van der Waals surface area contributed by atoms with Crippen molar-refractivity contribution in [1.82, 2.24) is 9.97 Å². The molecule has 0 aliphatic carbocycles. The van der Waals surface area contributed by atoms with E-state index in [1.807, 2.05) is 44.2 Å². The molecule has 20 heavy (non-hydrogen) atoms. The van der Waals surface area contributed by atoms with Crippen LogP contribution in [0.25, 0.3) is 11.4 Å². The smallest absolute Gasteiger partial charge is 0.163 e. The summed E-state index contributed by atoms with van der Waals surface area (Å²) in [5.41, 5.74) is 0.940. The van der Waals surface area contributed by atoms with Gasteiger partial charge in [-0.1, -0.05) is 41.9 Å². The van der Waals surface area contributed by atoms with Gasteiger partial charge in [0.2, 0.25) is 0 Å². The van der Waals surface area contributed by atoms with E-state index in [4.69, 9.17) is 16.3 Å². The number of aromatic nitrogens is 2. The van der Waals surface area contributed by atoms with Crippen LogP contribution in [-0.2, 0) is 4.74 Å². The van der Waals surface area contributed by atoms with E-state index < -0.39 is 0 Å². The van der Waals surface area contributed by atoms with Crippen LogP contribution < -0.4 is 5.32 Å². The lowest BCUT2D eigenvalue weighted by Gasteiger charge is -2.15. The van der Waals surface area contributed by atoms with Gasteiger partial charge in [0.15, 0.2) is 5.82 Å². The average Bonchev–Trinajstić information content (AvgIpc) is 2.45. The third-order valence-electron chi connectivity index (χ3n) is 2.69. The molecule has 1 unspecified atom stereocenters. The molecule has 106 valence electrons. The predicted molar refractivity (Wildman–Crippen MR) is 82.1 cm³/mol. The Balaban J connectivity index is 2.17. The molecule has 0 aliphatic rings. The second-order valence-electron chi connectivity index (χ2n) is 4.47. The van der Waals surface area contributed by atoms with Crippen molar-refractivity contribution in [3.05, 3.63) is 41.6 Å². The van der Waals surface area contributed by atoms with Crippen LogP contribution in [0.15, 0.2) is 36.4 Å². The number of nitrogens with one attached hydrogen (secondary N) is 1. The van der Waals surface area contributed by atoms with Crippen molar-refractivity contribution in [2.24, 2.45) is 0 Å². The standard InChI is InChI=1S/C15H18ClN3O/c1-3-20-10-11(2)17-14-9-13(16)18-15(19-14)12-7-5-4-6-8-12/h4-9,11H,3,10H2,1-2H3,(H,17,18,19). The molecule has 0 radical (unpaired) electrons. The average molecular weight is 292 g/mol. The zero-order valence-corrected chi connectivity index (χ0v) is 12.4. The van der Waals surface area contributed by atoms with Crippen molar-refractivity contribution < 1.29 is 4.74 Å². The van der Waals surface area contributed by atoms with Crippen LogP contribution in [0.4, 0.5) is 5.82 Å². The SMILES string of the molecule is CCOCC(C)Nc1cc(Cl)nc(-c2ccccc2)n1. The minimum absolute atomic E-state index is 0.157. The molecule has 1 atom stereocenters. The van der Waals surface area contributed by atoms with Gasteiger partial charge >= 0.3 is 0 Å².